The third-order valence-electron chi connectivity index (χ3n) is 3.18. The van der Waals surface area contributed by atoms with Gasteiger partial charge in [0, 0.05) is 24.7 Å². The Hall–Kier alpha value is -0.980. The maximum Gasteiger partial charge on any atom is 0.240 e. The molecule has 21 heavy (non-hydrogen) atoms. The largest absolute Gasteiger partial charge is 0.310 e. The average Bonchev–Trinajstić information content (AvgIpc) is 2.39. The molecule has 2 N–H and O–H groups in total. The van der Waals surface area contributed by atoms with Gasteiger partial charge >= 0.3 is 0 Å². The summed E-state index contributed by atoms with van der Waals surface area (Å²) in [5, 5.41) is 3.16. The van der Waals surface area contributed by atoms with Gasteiger partial charge in [-0.05, 0) is 31.0 Å². The summed E-state index contributed by atoms with van der Waals surface area (Å²) in [5.74, 6) is -0.492. The Labute approximate surface area is 127 Å². The molecule has 1 aromatic carbocycles. The van der Waals surface area contributed by atoms with Crippen molar-refractivity contribution in [1.82, 2.24) is 10.0 Å². The Balaban J connectivity index is 3.04. The Morgan fingerprint density at radius 3 is 2.52 bits per heavy atom. The lowest BCUT2D eigenvalue weighted by Crippen LogP contribution is -2.26. The van der Waals surface area contributed by atoms with Crippen molar-refractivity contribution in [2.24, 2.45) is 0 Å². The lowest BCUT2D eigenvalue weighted by Gasteiger charge is -2.13. The summed E-state index contributed by atoms with van der Waals surface area (Å²) < 4.78 is 41.0. The number of unbranched alkanes of at least 4 members (excludes halogenated alkanes) is 1. The molecule has 0 heterocycles. The molecule has 0 saturated carbocycles. The number of sulfonamides is 1. The van der Waals surface area contributed by atoms with Gasteiger partial charge in [-0.3, -0.25) is 0 Å². The number of hydrogen-bond acceptors (Lipinski definition) is 3. The molecule has 1 aromatic rings. The van der Waals surface area contributed by atoms with Gasteiger partial charge in [-0.15, -0.1) is 0 Å². The molecule has 0 fully saturated rings. The monoisotopic (exact) mass is 316 g/mol. The Kier molecular flexibility index (Phi) is 6.77. The van der Waals surface area contributed by atoms with Crippen molar-refractivity contribution < 1.29 is 12.8 Å². The topological polar surface area (TPSA) is 58.2 Å². The zero-order chi connectivity index (χ0) is 16.0. The minimum atomic E-state index is -3.66. The van der Waals surface area contributed by atoms with Gasteiger partial charge in [0.25, 0.3) is 0 Å². The molecular formula is C15H25FN2O2S. The molecule has 4 nitrogen and oxygen atoms in total. The highest BCUT2D eigenvalue weighted by atomic mass is 32.2. The van der Waals surface area contributed by atoms with Crippen LogP contribution in [-0.4, -0.2) is 21.0 Å². The van der Waals surface area contributed by atoms with Crippen molar-refractivity contribution in [2.45, 2.75) is 58.0 Å². The first-order chi connectivity index (χ1) is 9.77. The second-order valence-electron chi connectivity index (χ2n) is 5.49. The lowest BCUT2D eigenvalue weighted by atomic mass is 10.1. The molecule has 0 spiro atoms. The molecule has 0 aromatic heterocycles. The molecule has 120 valence electrons. The maximum atomic E-state index is 14.0. The standard InChI is InChI=1S/C15H25FN2O2S/c1-5-6-7-18-21(19,20)15-9-13(10-17-11(2)3)8-14(16)12(15)4/h8-9,11,17-18H,5-7,10H2,1-4H3. The van der Waals surface area contributed by atoms with Crippen molar-refractivity contribution in [1.29, 1.82) is 0 Å². The van der Waals surface area contributed by atoms with Gasteiger partial charge in [0.15, 0.2) is 0 Å². The first kappa shape index (κ1) is 18.1. The molecule has 0 aliphatic rings. The van der Waals surface area contributed by atoms with Crippen LogP contribution in [0.25, 0.3) is 0 Å². The number of halogens is 1. The summed E-state index contributed by atoms with van der Waals surface area (Å²) in [4.78, 5) is 0.0270. The van der Waals surface area contributed by atoms with Crippen LogP contribution in [0.2, 0.25) is 0 Å². The van der Waals surface area contributed by atoms with E-state index >= 15 is 0 Å². The van der Waals surface area contributed by atoms with E-state index in [1.807, 2.05) is 20.8 Å². The molecule has 6 heteroatoms. The van der Waals surface area contributed by atoms with Crippen LogP contribution in [-0.2, 0) is 16.6 Å². The van der Waals surface area contributed by atoms with Gasteiger partial charge in [0.1, 0.15) is 5.82 Å². The van der Waals surface area contributed by atoms with Crippen LogP contribution in [0.3, 0.4) is 0 Å². The fourth-order valence-corrected chi connectivity index (χ4v) is 3.25. The van der Waals surface area contributed by atoms with E-state index in [9.17, 15) is 12.8 Å². The number of hydrogen-bond donors (Lipinski definition) is 2. The normalized spacial score (nSPS) is 12.1. The first-order valence-electron chi connectivity index (χ1n) is 7.30. The van der Waals surface area contributed by atoms with E-state index in [4.69, 9.17) is 0 Å². The van der Waals surface area contributed by atoms with Gasteiger partial charge < -0.3 is 5.32 Å². The van der Waals surface area contributed by atoms with E-state index in [0.717, 1.165) is 12.8 Å². The Morgan fingerprint density at radius 2 is 1.95 bits per heavy atom. The van der Waals surface area contributed by atoms with Crippen LogP contribution in [0.5, 0.6) is 0 Å². The summed E-state index contributed by atoms with van der Waals surface area (Å²) in [6.45, 7) is 8.24. The Bertz CT molecular complexity index is 571. The highest BCUT2D eigenvalue weighted by Gasteiger charge is 2.19. The summed E-state index contributed by atoms with van der Waals surface area (Å²) in [7, 11) is -3.66. The van der Waals surface area contributed by atoms with Crippen LogP contribution >= 0.6 is 0 Å². The fourth-order valence-electron chi connectivity index (χ4n) is 1.87. The Morgan fingerprint density at radius 1 is 1.29 bits per heavy atom. The van der Waals surface area contributed by atoms with Crippen molar-refractivity contribution in [3.63, 3.8) is 0 Å². The molecule has 0 aliphatic carbocycles. The molecule has 0 radical (unpaired) electrons. The van der Waals surface area contributed by atoms with Gasteiger partial charge in [0.2, 0.25) is 10.0 Å². The molecular weight excluding hydrogens is 291 g/mol. The molecule has 0 atom stereocenters. The predicted molar refractivity (Wildman–Crippen MR) is 83.2 cm³/mol. The molecule has 0 amide bonds. The molecule has 0 saturated heterocycles. The summed E-state index contributed by atoms with van der Waals surface area (Å²) in [5.41, 5.74) is 0.787. The van der Waals surface area contributed by atoms with Gasteiger partial charge in [0.05, 0.1) is 4.90 Å². The minimum absolute atomic E-state index is 0.0270. The summed E-state index contributed by atoms with van der Waals surface area (Å²) in [6, 6.07) is 3.18. The highest BCUT2D eigenvalue weighted by molar-refractivity contribution is 7.89. The molecule has 0 aliphatic heterocycles. The second kappa shape index (κ2) is 7.87. The third-order valence-corrected chi connectivity index (χ3v) is 4.77. The van der Waals surface area contributed by atoms with Crippen molar-refractivity contribution >= 4 is 10.0 Å². The average molecular weight is 316 g/mol. The van der Waals surface area contributed by atoms with E-state index in [1.54, 1.807) is 6.07 Å². The van der Waals surface area contributed by atoms with Crippen molar-refractivity contribution in [3.05, 3.63) is 29.1 Å². The maximum absolute atomic E-state index is 14.0. The van der Waals surface area contributed by atoms with E-state index in [-0.39, 0.29) is 16.5 Å². The number of rotatable bonds is 8. The molecule has 0 bridgehead atoms. The zero-order valence-corrected chi connectivity index (χ0v) is 14.0. The van der Waals surface area contributed by atoms with E-state index in [1.165, 1.54) is 13.0 Å². The summed E-state index contributed by atoms with van der Waals surface area (Å²) in [6.07, 6.45) is 1.66. The van der Waals surface area contributed by atoms with Crippen LogP contribution in [0.4, 0.5) is 4.39 Å². The smallest absolute Gasteiger partial charge is 0.240 e. The van der Waals surface area contributed by atoms with E-state index in [0.29, 0.717) is 18.7 Å². The predicted octanol–water partition coefficient (Wildman–Crippen LogP) is 2.71. The highest BCUT2D eigenvalue weighted by Crippen LogP contribution is 2.20. The summed E-state index contributed by atoms with van der Waals surface area (Å²) >= 11 is 0. The second-order valence-corrected chi connectivity index (χ2v) is 7.22. The van der Waals surface area contributed by atoms with Crippen LogP contribution < -0.4 is 10.0 Å². The first-order valence-corrected chi connectivity index (χ1v) is 8.78. The van der Waals surface area contributed by atoms with Crippen molar-refractivity contribution in [3.8, 4) is 0 Å². The number of nitrogens with one attached hydrogen (secondary N) is 2. The van der Waals surface area contributed by atoms with Gasteiger partial charge in [-0.1, -0.05) is 27.2 Å². The number of benzene rings is 1. The third kappa shape index (κ3) is 5.37. The van der Waals surface area contributed by atoms with Gasteiger partial charge in [-0.25, -0.2) is 17.5 Å². The minimum Gasteiger partial charge on any atom is -0.310 e. The van der Waals surface area contributed by atoms with Crippen LogP contribution in [0.1, 0.15) is 44.7 Å². The van der Waals surface area contributed by atoms with Crippen LogP contribution in [0, 0.1) is 12.7 Å². The quantitative estimate of drug-likeness (QED) is 0.725. The van der Waals surface area contributed by atoms with E-state index in [2.05, 4.69) is 10.0 Å². The zero-order valence-electron chi connectivity index (χ0n) is 13.2. The van der Waals surface area contributed by atoms with Gasteiger partial charge in [-0.2, -0.15) is 0 Å². The van der Waals surface area contributed by atoms with E-state index < -0.39 is 15.8 Å². The van der Waals surface area contributed by atoms with Crippen molar-refractivity contribution in [2.75, 3.05) is 6.54 Å². The van der Waals surface area contributed by atoms with Crippen LogP contribution in [0.15, 0.2) is 17.0 Å². The molecule has 1 rings (SSSR count). The lowest BCUT2D eigenvalue weighted by molar-refractivity contribution is 0.564. The SMILES string of the molecule is CCCCNS(=O)(=O)c1cc(CNC(C)C)cc(F)c1C. The molecule has 0 unspecified atom stereocenters. The fraction of sp³-hybridized carbons (Fsp3) is 0.600.